The minimum Gasteiger partial charge on any atom is -0.356 e. The van der Waals surface area contributed by atoms with Gasteiger partial charge in [0.25, 0.3) is 0 Å². The lowest BCUT2D eigenvalue weighted by atomic mass is 9.86. The Bertz CT molecular complexity index is 378. The van der Waals surface area contributed by atoms with Crippen LogP contribution in [0.25, 0.3) is 0 Å². The molecule has 0 radical (unpaired) electrons. The Labute approximate surface area is 110 Å². The smallest absolute Gasteiger partial charge is 0.131 e. The van der Waals surface area contributed by atoms with Crippen LogP contribution in [-0.4, -0.2) is 24.6 Å². The zero-order chi connectivity index (χ0) is 13.0. The number of nitrogens with zero attached hydrogens (tertiary/aromatic N) is 2. The number of aromatic nitrogens is 1. The summed E-state index contributed by atoms with van der Waals surface area (Å²) in [6, 6.07) is 4.80. The van der Waals surface area contributed by atoms with Crippen LogP contribution in [0.4, 0.5) is 5.82 Å². The number of pyridine rings is 1. The van der Waals surface area contributed by atoms with Gasteiger partial charge in [-0.1, -0.05) is 25.8 Å². The first-order valence-electron chi connectivity index (χ1n) is 7.09. The Hall–Kier alpha value is -1.09. The summed E-state index contributed by atoms with van der Waals surface area (Å²) < 4.78 is 0. The van der Waals surface area contributed by atoms with Gasteiger partial charge >= 0.3 is 0 Å². The van der Waals surface area contributed by atoms with Gasteiger partial charge in [0.15, 0.2) is 0 Å². The van der Waals surface area contributed by atoms with Gasteiger partial charge in [-0.05, 0) is 43.4 Å². The van der Waals surface area contributed by atoms with Crippen molar-refractivity contribution < 1.29 is 0 Å². The van der Waals surface area contributed by atoms with E-state index in [2.05, 4.69) is 29.9 Å². The van der Waals surface area contributed by atoms with Crippen LogP contribution in [0.15, 0.2) is 18.3 Å². The minimum absolute atomic E-state index is 0.639. The maximum Gasteiger partial charge on any atom is 0.131 e. The lowest BCUT2D eigenvalue weighted by Crippen LogP contribution is -2.36. The lowest BCUT2D eigenvalue weighted by molar-refractivity contribution is 0.335. The van der Waals surface area contributed by atoms with Crippen molar-refractivity contribution in [2.24, 2.45) is 11.7 Å². The summed E-state index contributed by atoms with van der Waals surface area (Å²) in [7, 11) is 2.19. The molecule has 2 unspecified atom stereocenters. The van der Waals surface area contributed by atoms with Gasteiger partial charge in [-0.3, -0.25) is 0 Å². The molecule has 3 heteroatoms. The highest BCUT2D eigenvalue weighted by Crippen LogP contribution is 2.30. The third-order valence-electron chi connectivity index (χ3n) is 4.07. The molecule has 3 nitrogen and oxygen atoms in total. The molecule has 1 aliphatic rings. The van der Waals surface area contributed by atoms with E-state index >= 15 is 0 Å². The first-order valence-corrected chi connectivity index (χ1v) is 7.09. The molecule has 0 aromatic carbocycles. The van der Waals surface area contributed by atoms with Crippen LogP contribution in [0, 0.1) is 5.92 Å². The van der Waals surface area contributed by atoms with Crippen LogP contribution in [0.5, 0.6) is 0 Å². The first kappa shape index (κ1) is 13.3. The van der Waals surface area contributed by atoms with Gasteiger partial charge in [-0.25, -0.2) is 4.98 Å². The third-order valence-corrected chi connectivity index (χ3v) is 4.07. The standard InChI is InChI=1S/C15H25N3/c1-12-5-3-7-14(11-12)18(2)15-13(8-9-16)6-4-10-17-15/h4,6,10,12,14H,3,5,7-9,11,16H2,1-2H3. The van der Waals surface area contributed by atoms with Gasteiger partial charge in [0, 0.05) is 19.3 Å². The van der Waals surface area contributed by atoms with Crippen molar-refractivity contribution in [3.8, 4) is 0 Å². The average molecular weight is 247 g/mol. The number of hydrogen-bond donors (Lipinski definition) is 1. The predicted molar refractivity (Wildman–Crippen MR) is 76.8 cm³/mol. The molecule has 1 heterocycles. The normalized spacial score (nSPS) is 23.9. The van der Waals surface area contributed by atoms with Gasteiger partial charge in [-0.15, -0.1) is 0 Å². The van der Waals surface area contributed by atoms with Crippen LogP contribution in [0.1, 0.15) is 38.2 Å². The summed E-state index contributed by atoms with van der Waals surface area (Å²) in [5, 5.41) is 0. The maximum absolute atomic E-state index is 5.68. The van der Waals surface area contributed by atoms with E-state index in [1.54, 1.807) is 0 Å². The van der Waals surface area contributed by atoms with E-state index in [-0.39, 0.29) is 0 Å². The van der Waals surface area contributed by atoms with Gasteiger partial charge in [0.2, 0.25) is 0 Å². The van der Waals surface area contributed by atoms with Gasteiger partial charge in [0.05, 0.1) is 0 Å². The summed E-state index contributed by atoms with van der Waals surface area (Å²) in [6.07, 6.45) is 8.10. The number of rotatable bonds is 4. The zero-order valence-electron chi connectivity index (χ0n) is 11.6. The molecule has 0 aliphatic heterocycles. The van der Waals surface area contributed by atoms with Crippen molar-refractivity contribution in [3.63, 3.8) is 0 Å². The summed E-state index contributed by atoms with van der Waals surface area (Å²) in [6.45, 7) is 3.05. The fourth-order valence-corrected chi connectivity index (χ4v) is 3.03. The minimum atomic E-state index is 0.639. The largest absolute Gasteiger partial charge is 0.356 e. The fraction of sp³-hybridized carbons (Fsp3) is 0.667. The van der Waals surface area contributed by atoms with Crippen molar-refractivity contribution in [1.29, 1.82) is 0 Å². The number of anilines is 1. The second kappa shape index (κ2) is 6.19. The van der Waals surface area contributed by atoms with Crippen molar-refractivity contribution in [1.82, 2.24) is 4.98 Å². The maximum atomic E-state index is 5.68. The van der Waals surface area contributed by atoms with E-state index in [9.17, 15) is 0 Å². The quantitative estimate of drug-likeness (QED) is 0.889. The Morgan fingerprint density at radius 3 is 3.00 bits per heavy atom. The van der Waals surface area contributed by atoms with E-state index in [0.29, 0.717) is 12.6 Å². The summed E-state index contributed by atoms with van der Waals surface area (Å²) >= 11 is 0. The average Bonchev–Trinajstić information content (AvgIpc) is 2.39. The Morgan fingerprint density at radius 1 is 1.44 bits per heavy atom. The molecular weight excluding hydrogens is 222 g/mol. The molecule has 100 valence electrons. The second-order valence-electron chi connectivity index (χ2n) is 5.56. The van der Waals surface area contributed by atoms with Gasteiger partial charge < -0.3 is 10.6 Å². The summed E-state index contributed by atoms with van der Waals surface area (Å²) in [5.74, 6) is 1.97. The Morgan fingerprint density at radius 2 is 2.28 bits per heavy atom. The van der Waals surface area contributed by atoms with Gasteiger partial charge in [0.1, 0.15) is 5.82 Å². The molecule has 1 fully saturated rings. The zero-order valence-corrected chi connectivity index (χ0v) is 11.6. The fourth-order valence-electron chi connectivity index (χ4n) is 3.03. The molecule has 1 aromatic rings. The van der Waals surface area contributed by atoms with E-state index in [1.807, 2.05) is 12.3 Å². The molecule has 2 N–H and O–H groups in total. The van der Waals surface area contributed by atoms with Crippen LogP contribution >= 0.6 is 0 Å². The third kappa shape index (κ3) is 3.02. The summed E-state index contributed by atoms with van der Waals surface area (Å²) in [5.41, 5.74) is 6.96. The molecular formula is C15H25N3. The second-order valence-corrected chi connectivity index (χ2v) is 5.56. The Kier molecular flexibility index (Phi) is 4.59. The van der Waals surface area contributed by atoms with Gasteiger partial charge in [-0.2, -0.15) is 0 Å². The number of hydrogen-bond acceptors (Lipinski definition) is 3. The molecule has 0 saturated heterocycles. The van der Waals surface area contributed by atoms with E-state index in [4.69, 9.17) is 5.73 Å². The van der Waals surface area contributed by atoms with E-state index in [1.165, 1.54) is 31.2 Å². The molecule has 1 aromatic heterocycles. The van der Waals surface area contributed by atoms with Crippen molar-refractivity contribution in [2.45, 2.75) is 45.1 Å². The SMILES string of the molecule is CC1CCCC(N(C)c2ncccc2CCN)C1. The van der Waals surface area contributed by atoms with Crippen LogP contribution < -0.4 is 10.6 Å². The molecule has 2 rings (SSSR count). The van der Waals surface area contributed by atoms with E-state index < -0.39 is 0 Å². The van der Waals surface area contributed by atoms with Crippen LogP contribution in [0.2, 0.25) is 0 Å². The van der Waals surface area contributed by atoms with Crippen molar-refractivity contribution in [2.75, 3.05) is 18.5 Å². The monoisotopic (exact) mass is 247 g/mol. The molecule has 18 heavy (non-hydrogen) atoms. The topological polar surface area (TPSA) is 42.2 Å². The predicted octanol–water partition coefficient (Wildman–Crippen LogP) is 2.60. The molecule has 0 bridgehead atoms. The van der Waals surface area contributed by atoms with E-state index in [0.717, 1.165) is 18.2 Å². The van der Waals surface area contributed by atoms with Crippen molar-refractivity contribution >= 4 is 5.82 Å². The first-order chi connectivity index (χ1) is 8.72. The van der Waals surface area contributed by atoms with Crippen LogP contribution in [0.3, 0.4) is 0 Å². The molecule has 2 atom stereocenters. The van der Waals surface area contributed by atoms with Crippen molar-refractivity contribution in [3.05, 3.63) is 23.9 Å². The summed E-state index contributed by atoms with van der Waals surface area (Å²) in [4.78, 5) is 6.94. The highest BCUT2D eigenvalue weighted by Gasteiger charge is 2.24. The van der Waals surface area contributed by atoms with Crippen LogP contribution in [-0.2, 0) is 6.42 Å². The molecule has 0 spiro atoms. The molecule has 0 amide bonds. The Balaban J connectivity index is 2.14. The highest BCUT2D eigenvalue weighted by molar-refractivity contribution is 5.47. The lowest BCUT2D eigenvalue weighted by Gasteiger charge is -2.35. The molecule has 1 saturated carbocycles. The number of nitrogens with two attached hydrogens (primary N) is 1. The highest BCUT2D eigenvalue weighted by atomic mass is 15.2. The molecule has 1 aliphatic carbocycles.